The molecule has 0 aliphatic carbocycles. The van der Waals surface area contributed by atoms with Crippen LogP contribution < -0.4 is 10.2 Å². The first-order valence-electron chi connectivity index (χ1n) is 9.91. The van der Waals surface area contributed by atoms with Crippen molar-refractivity contribution >= 4 is 17.4 Å². The second kappa shape index (κ2) is 7.96. The van der Waals surface area contributed by atoms with E-state index in [1.165, 1.54) is 0 Å². The number of carbonyl (C=O) groups is 1. The topological polar surface area (TPSA) is 75.4 Å². The van der Waals surface area contributed by atoms with Gasteiger partial charge in [-0.2, -0.15) is 4.52 Å². The van der Waals surface area contributed by atoms with Crippen molar-refractivity contribution in [3.05, 3.63) is 53.9 Å². The van der Waals surface area contributed by atoms with Crippen LogP contribution in [0.1, 0.15) is 44.0 Å². The molecule has 4 rings (SSSR count). The van der Waals surface area contributed by atoms with Crippen LogP contribution in [0.15, 0.2) is 42.5 Å². The minimum atomic E-state index is 0.0600. The van der Waals surface area contributed by atoms with E-state index >= 15 is 0 Å². The molecule has 1 amide bonds. The minimum absolute atomic E-state index is 0.0600. The number of fused-ring (bicyclic) bond motifs is 1. The van der Waals surface area contributed by atoms with Gasteiger partial charge in [-0.15, -0.1) is 15.3 Å². The van der Waals surface area contributed by atoms with Crippen LogP contribution in [0.2, 0.25) is 0 Å². The first kappa shape index (κ1) is 18.4. The average molecular weight is 378 g/mol. The first-order valence-corrected chi connectivity index (χ1v) is 9.91. The van der Waals surface area contributed by atoms with E-state index in [0.29, 0.717) is 6.54 Å². The van der Waals surface area contributed by atoms with Gasteiger partial charge in [0.2, 0.25) is 5.91 Å². The van der Waals surface area contributed by atoms with E-state index in [0.717, 1.165) is 48.8 Å². The van der Waals surface area contributed by atoms with Gasteiger partial charge < -0.3 is 10.2 Å². The molecular formula is C21H26N6O. The van der Waals surface area contributed by atoms with Gasteiger partial charge in [-0.05, 0) is 30.5 Å². The summed E-state index contributed by atoms with van der Waals surface area (Å²) >= 11 is 0. The lowest BCUT2D eigenvalue weighted by atomic mass is 9.96. The van der Waals surface area contributed by atoms with Gasteiger partial charge in [0.15, 0.2) is 11.5 Å². The third-order valence-electron chi connectivity index (χ3n) is 5.29. The molecule has 2 aromatic heterocycles. The van der Waals surface area contributed by atoms with Crippen LogP contribution in [0.3, 0.4) is 0 Å². The smallest absolute Gasteiger partial charge is 0.223 e. The van der Waals surface area contributed by atoms with Crippen molar-refractivity contribution in [2.24, 2.45) is 5.92 Å². The van der Waals surface area contributed by atoms with Crippen molar-refractivity contribution in [2.45, 2.75) is 39.2 Å². The Bertz CT molecular complexity index is 944. The van der Waals surface area contributed by atoms with Crippen LogP contribution in [-0.2, 0) is 11.3 Å². The summed E-state index contributed by atoms with van der Waals surface area (Å²) in [5.74, 6) is 2.25. The lowest BCUT2D eigenvalue weighted by Gasteiger charge is -2.32. The van der Waals surface area contributed by atoms with Crippen LogP contribution >= 0.6 is 0 Å². The molecule has 3 aromatic rings. The van der Waals surface area contributed by atoms with Gasteiger partial charge in [-0.25, -0.2) is 0 Å². The number of benzene rings is 1. The number of hydrogen-bond donors (Lipinski definition) is 1. The van der Waals surface area contributed by atoms with Crippen molar-refractivity contribution < 1.29 is 4.79 Å². The van der Waals surface area contributed by atoms with E-state index in [2.05, 4.69) is 34.3 Å². The molecule has 7 heteroatoms. The van der Waals surface area contributed by atoms with Crippen molar-refractivity contribution in [1.29, 1.82) is 0 Å². The summed E-state index contributed by atoms with van der Waals surface area (Å²) in [6.45, 7) is 6.40. The van der Waals surface area contributed by atoms with Gasteiger partial charge in [-0.1, -0.05) is 44.2 Å². The molecule has 28 heavy (non-hydrogen) atoms. The molecule has 0 atom stereocenters. The molecule has 0 radical (unpaired) electrons. The molecule has 7 nitrogen and oxygen atoms in total. The molecule has 146 valence electrons. The zero-order chi connectivity index (χ0) is 19.5. The molecule has 0 spiro atoms. The molecule has 1 N–H and O–H groups in total. The largest absolute Gasteiger partial charge is 0.355 e. The fourth-order valence-electron chi connectivity index (χ4n) is 3.62. The van der Waals surface area contributed by atoms with Crippen molar-refractivity contribution in [3.8, 4) is 0 Å². The predicted molar refractivity (Wildman–Crippen MR) is 108 cm³/mol. The summed E-state index contributed by atoms with van der Waals surface area (Å²) in [4.78, 5) is 14.7. The molecule has 1 aliphatic rings. The van der Waals surface area contributed by atoms with Gasteiger partial charge in [0, 0.05) is 31.5 Å². The Labute approximate surface area is 164 Å². The number of anilines is 1. The zero-order valence-electron chi connectivity index (χ0n) is 16.4. The first-order chi connectivity index (χ1) is 13.6. The van der Waals surface area contributed by atoms with Gasteiger partial charge >= 0.3 is 0 Å². The van der Waals surface area contributed by atoms with Gasteiger partial charge in [0.05, 0.1) is 0 Å². The van der Waals surface area contributed by atoms with Gasteiger partial charge in [0.25, 0.3) is 0 Å². The number of carbonyl (C=O) groups excluding carboxylic acids is 1. The maximum atomic E-state index is 12.5. The number of nitrogens with zero attached hydrogens (tertiary/aromatic N) is 5. The van der Waals surface area contributed by atoms with E-state index < -0.39 is 0 Å². The van der Waals surface area contributed by atoms with E-state index in [-0.39, 0.29) is 17.7 Å². The van der Waals surface area contributed by atoms with E-state index in [9.17, 15) is 4.79 Å². The van der Waals surface area contributed by atoms with Crippen molar-refractivity contribution in [1.82, 2.24) is 25.1 Å². The summed E-state index contributed by atoms with van der Waals surface area (Å²) in [7, 11) is 0. The van der Waals surface area contributed by atoms with Crippen molar-refractivity contribution in [3.63, 3.8) is 0 Å². The SMILES string of the molecule is CC(C)c1nnc2ccc(N3CCC(C(=O)NCc4ccccc4)CC3)nn12. The molecule has 1 aromatic carbocycles. The Balaban J connectivity index is 1.36. The highest BCUT2D eigenvalue weighted by molar-refractivity contribution is 5.79. The summed E-state index contributed by atoms with van der Waals surface area (Å²) < 4.78 is 1.83. The number of piperidine rings is 1. The highest BCUT2D eigenvalue weighted by atomic mass is 16.1. The van der Waals surface area contributed by atoms with Crippen LogP contribution in [0, 0.1) is 5.92 Å². The van der Waals surface area contributed by atoms with Crippen LogP contribution in [0.5, 0.6) is 0 Å². The molecule has 3 heterocycles. The summed E-state index contributed by atoms with van der Waals surface area (Å²) in [6, 6.07) is 14.0. The lowest BCUT2D eigenvalue weighted by molar-refractivity contribution is -0.125. The molecule has 1 fully saturated rings. The molecule has 1 aliphatic heterocycles. The molecule has 0 bridgehead atoms. The second-order valence-corrected chi connectivity index (χ2v) is 7.64. The van der Waals surface area contributed by atoms with Gasteiger partial charge in [0.1, 0.15) is 5.82 Å². The van der Waals surface area contributed by atoms with E-state index in [4.69, 9.17) is 5.10 Å². The Morgan fingerprint density at radius 2 is 1.86 bits per heavy atom. The third kappa shape index (κ3) is 3.83. The highest BCUT2D eigenvalue weighted by Crippen LogP contribution is 2.23. The second-order valence-electron chi connectivity index (χ2n) is 7.64. The average Bonchev–Trinajstić information content (AvgIpc) is 3.16. The number of rotatable bonds is 5. The predicted octanol–water partition coefficient (Wildman–Crippen LogP) is 2.78. The minimum Gasteiger partial charge on any atom is -0.355 e. The van der Waals surface area contributed by atoms with E-state index in [1.807, 2.05) is 47.0 Å². The fourth-order valence-corrected chi connectivity index (χ4v) is 3.62. The molecule has 0 unspecified atom stereocenters. The standard InChI is InChI=1S/C21H26N6O/c1-15(2)20-24-23-18-8-9-19(25-27(18)20)26-12-10-17(11-13-26)21(28)22-14-16-6-4-3-5-7-16/h3-9,15,17H,10-14H2,1-2H3,(H,22,28). The Morgan fingerprint density at radius 1 is 1.11 bits per heavy atom. The molecule has 1 saturated heterocycles. The number of amides is 1. The zero-order valence-corrected chi connectivity index (χ0v) is 16.4. The van der Waals surface area contributed by atoms with Crippen LogP contribution in [0.4, 0.5) is 5.82 Å². The maximum absolute atomic E-state index is 12.5. The normalized spacial score (nSPS) is 15.3. The Morgan fingerprint density at radius 3 is 2.57 bits per heavy atom. The third-order valence-corrected chi connectivity index (χ3v) is 5.29. The number of aromatic nitrogens is 4. The fraction of sp³-hybridized carbons (Fsp3) is 0.429. The maximum Gasteiger partial charge on any atom is 0.223 e. The highest BCUT2D eigenvalue weighted by Gasteiger charge is 2.26. The monoisotopic (exact) mass is 378 g/mol. The van der Waals surface area contributed by atoms with E-state index in [1.54, 1.807) is 0 Å². The van der Waals surface area contributed by atoms with Gasteiger partial charge in [-0.3, -0.25) is 4.79 Å². The molecular weight excluding hydrogens is 352 g/mol. The number of nitrogens with one attached hydrogen (secondary N) is 1. The number of hydrogen-bond acceptors (Lipinski definition) is 5. The van der Waals surface area contributed by atoms with Crippen molar-refractivity contribution in [2.75, 3.05) is 18.0 Å². The molecule has 0 saturated carbocycles. The Kier molecular flexibility index (Phi) is 5.23. The Hall–Kier alpha value is -2.96. The van der Waals surface area contributed by atoms with Crippen LogP contribution in [-0.4, -0.2) is 38.8 Å². The van der Waals surface area contributed by atoms with Crippen LogP contribution in [0.25, 0.3) is 5.65 Å². The summed E-state index contributed by atoms with van der Waals surface area (Å²) in [5.41, 5.74) is 1.89. The quantitative estimate of drug-likeness (QED) is 0.739. The summed E-state index contributed by atoms with van der Waals surface area (Å²) in [6.07, 6.45) is 1.67. The lowest BCUT2D eigenvalue weighted by Crippen LogP contribution is -2.40. The summed E-state index contributed by atoms with van der Waals surface area (Å²) in [5, 5.41) is 16.2.